The van der Waals surface area contributed by atoms with E-state index in [1.165, 1.54) is 114 Å². The smallest absolute Gasteiger partial charge is 0.156 e. The van der Waals surface area contributed by atoms with Crippen LogP contribution in [0.2, 0.25) is 57.4 Å². The van der Waals surface area contributed by atoms with E-state index in [-0.39, 0.29) is 9.76 Å². The van der Waals surface area contributed by atoms with Crippen LogP contribution < -0.4 is 10.4 Å². The van der Waals surface area contributed by atoms with Crippen LogP contribution >= 0.6 is 0 Å². The van der Waals surface area contributed by atoms with E-state index in [4.69, 9.17) is 4.12 Å². The van der Waals surface area contributed by atoms with Crippen LogP contribution in [0, 0.1) is 0 Å². The highest BCUT2D eigenvalue weighted by Crippen LogP contribution is 2.19. The van der Waals surface area contributed by atoms with Gasteiger partial charge in [0.25, 0.3) is 0 Å². The van der Waals surface area contributed by atoms with Gasteiger partial charge in [0.05, 0.1) is 16.1 Å². The Morgan fingerprint density at radius 2 is 0.944 bits per heavy atom. The summed E-state index contributed by atoms with van der Waals surface area (Å²) in [6.45, 7) is 17.3. The summed E-state index contributed by atoms with van der Waals surface area (Å²) in [5.74, 6) is 0. The normalized spacial score (nSPS) is 12.9. The molecule has 0 aliphatic carbocycles. The number of benzene rings is 1. The molecule has 0 unspecified atom stereocenters. The Balaban J connectivity index is 2.25. The molecule has 0 bridgehead atoms. The third kappa shape index (κ3) is 16.1. The predicted octanol–water partition coefficient (Wildman–Crippen LogP) is 8.89. The second-order valence-corrected chi connectivity index (χ2v) is 27.3. The lowest BCUT2D eigenvalue weighted by atomic mass is 10.1. The second-order valence-electron chi connectivity index (χ2n) is 13.1. The summed E-state index contributed by atoms with van der Waals surface area (Å²) in [7, 11) is -3.52. The van der Waals surface area contributed by atoms with Crippen molar-refractivity contribution in [3.8, 4) is 0 Å². The zero-order valence-corrected chi connectivity index (χ0v) is 30.3. The van der Waals surface area contributed by atoms with Crippen molar-refractivity contribution >= 4 is 45.3 Å². The lowest BCUT2D eigenvalue weighted by Crippen LogP contribution is -2.45. The molecule has 1 rings (SSSR count). The molecule has 5 heteroatoms. The maximum absolute atomic E-state index is 5.92. The molecule has 0 spiro atoms. The molecule has 0 radical (unpaired) electrons. The fourth-order valence-corrected chi connectivity index (χ4v) is 13.5. The Kier molecular flexibility index (Phi) is 19.0. The first kappa shape index (κ1) is 34.1. The fraction of sp³-hybridized carbons (Fsp3) is 0.806. The molecule has 0 saturated heterocycles. The van der Waals surface area contributed by atoms with Crippen molar-refractivity contribution < 1.29 is 4.12 Å². The Hall–Kier alpha value is 0.0475. The highest BCUT2D eigenvalue weighted by Gasteiger charge is 2.26. The second kappa shape index (κ2) is 20.0. The molecular weight excluding hydrogens is 501 g/mol. The van der Waals surface area contributed by atoms with Gasteiger partial charge >= 0.3 is 0 Å². The summed E-state index contributed by atoms with van der Waals surface area (Å²) >= 11 is 0. The monoisotopic (exact) mass is 564 g/mol. The van der Waals surface area contributed by atoms with Crippen LogP contribution in [-0.4, -0.2) is 35.0 Å². The minimum absolute atomic E-state index is 0.182. The van der Waals surface area contributed by atoms with Crippen LogP contribution in [0.25, 0.3) is 0 Å². The highest BCUT2D eigenvalue weighted by molar-refractivity contribution is 6.91. The Bertz CT molecular complexity index is 642. The SMILES string of the molecule is CCCCCCCCCCC[Si](C)(C)c1ccc([Si](C)(C)CCCCCCCC[SiH2]O[SiH](C)C)cc1. The van der Waals surface area contributed by atoms with Crippen molar-refractivity contribution in [1.82, 2.24) is 0 Å². The molecule has 210 valence electrons. The van der Waals surface area contributed by atoms with Crippen molar-refractivity contribution in [2.75, 3.05) is 0 Å². The first-order valence-corrected chi connectivity index (χ1v) is 26.7. The molecule has 0 aliphatic heterocycles. The molecule has 1 nitrogen and oxygen atoms in total. The molecule has 0 N–H and O–H groups in total. The number of unbranched alkanes of at least 4 members (excludes halogenated alkanes) is 13. The van der Waals surface area contributed by atoms with Gasteiger partial charge in [-0.25, -0.2) is 0 Å². The molecule has 0 aliphatic rings. The Morgan fingerprint density at radius 1 is 0.583 bits per heavy atom. The van der Waals surface area contributed by atoms with Crippen LogP contribution in [0.1, 0.15) is 103 Å². The molecular formula is C31H64OSi4. The first-order valence-electron chi connectivity index (χ1n) is 15.9. The summed E-state index contributed by atoms with van der Waals surface area (Å²) in [4.78, 5) is 0. The van der Waals surface area contributed by atoms with E-state index < -0.39 is 25.2 Å². The van der Waals surface area contributed by atoms with Gasteiger partial charge < -0.3 is 4.12 Å². The van der Waals surface area contributed by atoms with Gasteiger partial charge in [-0.15, -0.1) is 0 Å². The summed E-state index contributed by atoms with van der Waals surface area (Å²) in [5.41, 5.74) is 0. The lowest BCUT2D eigenvalue weighted by Gasteiger charge is -2.26. The van der Waals surface area contributed by atoms with Gasteiger partial charge in [-0.05, 0) is 19.1 Å². The molecule has 0 aromatic heterocycles. The van der Waals surface area contributed by atoms with Gasteiger partial charge in [0, 0.05) is 0 Å². The maximum Gasteiger partial charge on any atom is 0.156 e. The van der Waals surface area contributed by atoms with Gasteiger partial charge in [-0.2, -0.15) is 0 Å². The maximum atomic E-state index is 5.92. The van der Waals surface area contributed by atoms with E-state index >= 15 is 0 Å². The van der Waals surface area contributed by atoms with Gasteiger partial charge in [-0.3, -0.25) is 0 Å². The Morgan fingerprint density at radius 3 is 1.33 bits per heavy atom. The third-order valence-corrected chi connectivity index (χ3v) is 19.6. The number of rotatable bonds is 23. The number of hydrogen-bond acceptors (Lipinski definition) is 1. The minimum Gasteiger partial charge on any atom is -0.463 e. The minimum atomic E-state index is -1.30. The lowest BCUT2D eigenvalue weighted by molar-refractivity contribution is 0.571. The van der Waals surface area contributed by atoms with Crippen LogP contribution in [-0.2, 0) is 4.12 Å². The average molecular weight is 565 g/mol. The summed E-state index contributed by atoms with van der Waals surface area (Å²) < 4.78 is 5.92. The highest BCUT2D eigenvalue weighted by atomic mass is 28.3. The average Bonchev–Trinajstić information content (AvgIpc) is 2.84. The third-order valence-electron chi connectivity index (χ3n) is 8.25. The van der Waals surface area contributed by atoms with E-state index in [9.17, 15) is 0 Å². The zero-order valence-electron chi connectivity index (χ0n) is 25.7. The predicted molar refractivity (Wildman–Crippen MR) is 179 cm³/mol. The molecule has 36 heavy (non-hydrogen) atoms. The topological polar surface area (TPSA) is 9.23 Å². The summed E-state index contributed by atoms with van der Waals surface area (Å²) in [6.07, 6.45) is 21.5. The molecule has 0 atom stereocenters. The standard InChI is InChI=1S/C31H64OSi4/c1-8-9-10-11-12-13-15-18-21-28-35(4,5)30-23-25-31(26-24-30)36(6,7)29-22-19-16-14-17-20-27-33-32-34(2)3/h23-26,34H,8-22,27-29,33H2,1-7H3. The van der Waals surface area contributed by atoms with Crippen LogP contribution in [0.3, 0.4) is 0 Å². The van der Waals surface area contributed by atoms with Crippen molar-refractivity contribution in [2.45, 2.75) is 161 Å². The molecule has 0 amide bonds. The van der Waals surface area contributed by atoms with Crippen LogP contribution in [0.4, 0.5) is 0 Å². The van der Waals surface area contributed by atoms with Crippen molar-refractivity contribution in [3.05, 3.63) is 24.3 Å². The summed E-state index contributed by atoms with van der Waals surface area (Å²) in [6, 6.07) is 14.4. The van der Waals surface area contributed by atoms with E-state index in [2.05, 4.69) is 70.5 Å². The van der Waals surface area contributed by atoms with E-state index in [0.29, 0.717) is 0 Å². The van der Waals surface area contributed by atoms with Crippen molar-refractivity contribution in [3.63, 3.8) is 0 Å². The van der Waals surface area contributed by atoms with Crippen LogP contribution in [0.5, 0.6) is 0 Å². The largest absolute Gasteiger partial charge is 0.463 e. The molecule has 0 saturated carbocycles. The van der Waals surface area contributed by atoms with E-state index in [1.807, 2.05) is 0 Å². The fourth-order valence-electron chi connectivity index (χ4n) is 5.41. The van der Waals surface area contributed by atoms with Gasteiger partial charge in [0.15, 0.2) is 9.04 Å². The van der Waals surface area contributed by atoms with E-state index in [1.54, 1.807) is 10.4 Å². The summed E-state index contributed by atoms with van der Waals surface area (Å²) in [5, 5.41) is 3.36. The number of hydrogen-bond donors (Lipinski definition) is 0. The zero-order chi connectivity index (χ0) is 26.7. The van der Waals surface area contributed by atoms with Gasteiger partial charge in [0.2, 0.25) is 0 Å². The molecule has 0 fully saturated rings. The van der Waals surface area contributed by atoms with E-state index in [0.717, 1.165) is 0 Å². The molecule has 1 aromatic carbocycles. The van der Waals surface area contributed by atoms with Crippen LogP contribution in [0.15, 0.2) is 24.3 Å². The van der Waals surface area contributed by atoms with Crippen molar-refractivity contribution in [1.29, 1.82) is 0 Å². The van der Waals surface area contributed by atoms with Gasteiger partial charge in [-0.1, -0.05) is 176 Å². The first-order chi connectivity index (χ1) is 17.2. The molecule has 1 aromatic rings. The van der Waals surface area contributed by atoms with Gasteiger partial charge in [0.1, 0.15) is 9.76 Å². The molecule has 0 heterocycles. The quantitative estimate of drug-likeness (QED) is 0.0952. The van der Waals surface area contributed by atoms with Crippen molar-refractivity contribution in [2.24, 2.45) is 0 Å². The Labute approximate surface area is 233 Å².